The molecule has 9 heteroatoms. The molecule has 33 heavy (non-hydrogen) atoms. The van der Waals surface area contributed by atoms with E-state index in [-0.39, 0.29) is 50.8 Å². The summed E-state index contributed by atoms with van der Waals surface area (Å²) in [6.45, 7) is 0.339. The molecular formula is C24H25FN2O6. The van der Waals surface area contributed by atoms with Crippen molar-refractivity contribution in [3.8, 4) is 5.75 Å². The van der Waals surface area contributed by atoms with E-state index in [1.165, 1.54) is 18.1 Å². The third kappa shape index (κ3) is 4.22. The third-order valence-corrected chi connectivity index (χ3v) is 6.26. The highest BCUT2D eigenvalue weighted by Gasteiger charge is 2.53. The number of ether oxygens (including phenoxy) is 3. The summed E-state index contributed by atoms with van der Waals surface area (Å²) in [6, 6.07) is 12.1. The molecule has 2 amide bonds. The first-order valence-electron chi connectivity index (χ1n) is 10.6. The number of methoxy groups -OCH3 is 1. The Morgan fingerprint density at radius 3 is 2.48 bits per heavy atom. The van der Waals surface area contributed by atoms with E-state index in [1.807, 2.05) is 30.3 Å². The van der Waals surface area contributed by atoms with Crippen molar-refractivity contribution in [2.24, 2.45) is 0 Å². The fourth-order valence-corrected chi connectivity index (χ4v) is 4.47. The van der Waals surface area contributed by atoms with Crippen molar-refractivity contribution >= 4 is 23.7 Å². The predicted molar refractivity (Wildman–Crippen MR) is 116 cm³/mol. The van der Waals surface area contributed by atoms with Crippen molar-refractivity contribution in [3.63, 3.8) is 0 Å². The summed E-state index contributed by atoms with van der Waals surface area (Å²) < 4.78 is 30.5. The van der Waals surface area contributed by atoms with Gasteiger partial charge in [-0.05, 0) is 18.4 Å². The molecule has 1 saturated heterocycles. The zero-order valence-corrected chi connectivity index (χ0v) is 18.5. The van der Waals surface area contributed by atoms with Crippen molar-refractivity contribution in [2.45, 2.75) is 24.9 Å². The van der Waals surface area contributed by atoms with Crippen LogP contribution >= 0.6 is 0 Å². The minimum atomic E-state index is -1.05. The maximum atomic E-state index is 15.2. The van der Waals surface area contributed by atoms with Gasteiger partial charge in [-0.3, -0.25) is 4.79 Å². The molecule has 1 fully saturated rings. The number of carbonyl (C=O) groups is 3. The number of anilines is 1. The molecule has 4 rings (SSSR count). The number of amides is 2. The number of nitrogens with zero attached hydrogens (tertiary/aromatic N) is 2. The normalized spacial score (nSPS) is 16.5. The number of halogens is 1. The number of piperidine rings is 1. The molecule has 2 aromatic carbocycles. The number of likely N-dealkylation sites (tertiary alicyclic amines) is 1. The van der Waals surface area contributed by atoms with E-state index in [9.17, 15) is 14.4 Å². The van der Waals surface area contributed by atoms with Crippen molar-refractivity contribution in [3.05, 3.63) is 59.4 Å². The lowest BCUT2D eigenvalue weighted by Crippen LogP contribution is -2.50. The molecule has 0 aromatic heterocycles. The average molecular weight is 456 g/mol. The van der Waals surface area contributed by atoms with E-state index in [0.29, 0.717) is 11.3 Å². The number of hydrogen-bond donors (Lipinski definition) is 0. The molecule has 0 saturated carbocycles. The second kappa shape index (κ2) is 9.09. The van der Waals surface area contributed by atoms with Crippen molar-refractivity contribution in [1.82, 2.24) is 4.90 Å². The predicted octanol–water partition coefficient (Wildman–Crippen LogP) is 3.02. The van der Waals surface area contributed by atoms with Gasteiger partial charge < -0.3 is 24.0 Å². The Labute approximate surface area is 190 Å². The molecule has 8 nitrogen and oxygen atoms in total. The molecule has 2 aromatic rings. The van der Waals surface area contributed by atoms with Gasteiger partial charge in [0.15, 0.2) is 6.61 Å². The van der Waals surface area contributed by atoms with Crippen LogP contribution in [0, 0.1) is 5.82 Å². The van der Waals surface area contributed by atoms with Crippen molar-refractivity contribution in [1.29, 1.82) is 0 Å². The van der Waals surface area contributed by atoms with Crippen LogP contribution in [0.1, 0.15) is 24.0 Å². The molecule has 0 aliphatic carbocycles. The van der Waals surface area contributed by atoms with Gasteiger partial charge in [0, 0.05) is 37.8 Å². The number of carbonyl (C=O) groups excluding carboxylic acids is 3. The van der Waals surface area contributed by atoms with Gasteiger partial charge in [-0.1, -0.05) is 30.3 Å². The van der Waals surface area contributed by atoms with Crippen LogP contribution in [-0.4, -0.2) is 56.7 Å². The van der Waals surface area contributed by atoms with Gasteiger partial charge in [-0.25, -0.2) is 14.0 Å². The van der Waals surface area contributed by atoms with Crippen LogP contribution in [0.5, 0.6) is 5.75 Å². The lowest BCUT2D eigenvalue weighted by molar-refractivity contribution is -0.142. The van der Waals surface area contributed by atoms with Gasteiger partial charge >= 0.3 is 12.1 Å². The van der Waals surface area contributed by atoms with Crippen LogP contribution in [0.4, 0.5) is 14.9 Å². The first-order valence-corrected chi connectivity index (χ1v) is 10.6. The average Bonchev–Trinajstić information content (AvgIpc) is 3.04. The number of hydrogen-bond acceptors (Lipinski definition) is 6. The maximum absolute atomic E-state index is 15.2. The van der Waals surface area contributed by atoms with Gasteiger partial charge in [0.1, 0.15) is 18.2 Å². The minimum absolute atomic E-state index is 0.135. The van der Waals surface area contributed by atoms with Gasteiger partial charge in [0.2, 0.25) is 5.91 Å². The Morgan fingerprint density at radius 1 is 1.12 bits per heavy atom. The minimum Gasteiger partial charge on any atom is -0.482 e. The summed E-state index contributed by atoms with van der Waals surface area (Å²) in [7, 11) is 2.81. The molecule has 0 N–H and O–H groups in total. The standard InChI is InChI=1S/C24H25FN2O6/c1-26-19-13-17(32-15-20(28)31-2)12-18(25)21(19)24(22(26)29)8-10-27(11-9-24)23(30)33-14-16-6-4-3-5-7-16/h3-7,12-13H,8-11,14-15H2,1-2H3. The van der Waals surface area contributed by atoms with Crippen LogP contribution in [0.15, 0.2) is 42.5 Å². The van der Waals surface area contributed by atoms with Crippen molar-refractivity contribution < 1.29 is 33.0 Å². The van der Waals surface area contributed by atoms with E-state index in [2.05, 4.69) is 4.74 Å². The third-order valence-electron chi connectivity index (χ3n) is 6.26. The fraction of sp³-hybridized carbons (Fsp3) is 0.375. The second-order valence-corrected chi connectivity index (χ2v) is 8.14. The summed E-state index contributed by atoms with van der Waals surface area (Å²) in [5.41, 5.74) is 0.538. The molecule has 2 aliphatic rings. The van der Waals surface area contributed by atoms with E-state index < -0.39 is 23.3 Å². The highest BCUT2D eigenvalue weighted by atomic mass is 19.1. The molecule has 1 spiro atoms. The fourth-order valence-electron chi connectivity index (χ4n) is 4.47. The zero-order chi connectivity index (χ0) is 23.6. The van der Waals surface area contributed by atoms with E-state index in [1.54, 1.807) is 18.0 Å². The van der Waals surface area contributed by atoms with Crippen molar-refractivity contribution in [2.75, 3.05) is 38.8 Å². The number of esters is 1. The van der Waals surface area contributed by atoms with Gasteiger partial charge in [0.05, 0.1) is 18.2 Å². The second-order valence-electron chi connectivity index (χ2n) is 8.14. The summed E-state index contributed by atoms with van der Waals surface area (Å²) in [5.74, 6) is -1.26. The molecule has 2 aliphatic heterocycles. The van der Waals surface area contributed by atoms with Gasteiger partial charge in [-0.15, -0.1) is 0 Å². The summed E-state index contributed by atoms with van der Waals surface area (Å²) in [5, 5.41) is 0. The topological polar surface area (TPSA) is 85.4 Å². The first-order chi connectivity index (χ1) is 15.9. The van der Waals surface area contributed by atoms with Crippen LogP contribution < -0.4 is 9.64 Å². The monoisotopic (exact) mass is 456 g/mol. The Balaban J connectivity index is 1.47. The van der Waals surface area contributed by atoms with Crippen LogP contribution in [0.2, 0.25) is 0 Å². The van der Waals surface area contributed by atoms with Gasteiger partial charge in [0.25, 0.3) is 0 Å². The Bertz CT molecular complexity index is 1070. The highest BCUT2D eigenvalue weighted by molar-refractivity contribution is 6.08. The molecule has 0 atom stereocenters. The largest absolute Gasteiger partial charge is 0.482 e. The summed E-state index contributed by atoms with van der Waals surface area (Å²) >= 11 is 0. The lowest BCUT2D eigenvalue weighted by atomic mass is 9.73. The quantitative estimate of drug-likeness (QED) is 0.643. The first kappa shape index (κ1) is 22.6. The summed E-state index contributed by atoms with van der Waals surface area (Å²) in [6.07, 6.45) is 0.103. The number of benzene rings is 2. The Morgan fingerprint density at radius 2 is 1.82 bits per heavy atom. The van der Waals surface area contributed by atoms with E-state index in [4.69, 9.17) is 9.47 Å². The van der Waals surface area contributed by atoms with Crippen LogP contribution in [-0.2, 0) is 31.1 Å². The maximum Gasteiger partial charge on any atom is 0.410 e. The lowest BCUT2D eigenvalue weighted by Gasteiger charge is -2.37. The Hall–Kier alpha value is -3.62. The molecule has 0 radical (unpaired) electrons. The molecule has 0 bridgehead atoms. The number of fused-ring (bicyclic) bond motifs is 2. The number of likely N-dealkylation sites (N-methyl/N-ethyl adjacent to an activating group) is 1. The Kier molecular flexibility index (Phi) is 6.22. The smallest absolute Gasteiger partial charge is 0.410 e. The molecule has 0 unspecified atom stereocenters. The van der Waals surface area contributed by atoms with E-state index in [0.717, 1.165) is 5.56 Å². The number of rotatable bonds is 5. The summed E-state index contributed by atoms with van der Waals surface area (Å²) in [4.78, 5) is 40.0. The molecular weight excluding hydrogens is 431 g/mol. The van der Waals surface area contributed by atoms with Crippen LogP contribution in [0.25, 0.3) is 0 Å². The molecule has 2 heterocycles. The molecule has 174 valence electrons. The van der Waals surface area contributed by atoms with Crippen LogP contribution in [0.3, 0.4) is 0 Å². The van der Waals surface area contributed by atoms with E-state index >= 15 is 4.39 Å². The van der Waals surface area contributed by atoms with Gasteiger partial charge in [-0.2, -0.15) is 0 Å². The highest BCUT2D eigenvalue weighted by Crippen LogP contribution is 2.49. The zero-order valence-electron chi connectivity index (χ0n) is 18.5. The SMILES string of the molecule is COC(=O)COc1cc(F)c2c(c1)N(C)C(=O)C21CCN(C(=O)OCc2ccccc2)CC1.